The maximum atomic E-state index is 6.03. The van der Waals surface area contributed by atoms with Crippen molar-refractivity contribution in [1.82, 2.24) is 0 Å². The van der Waals surface area contributed by atoms with Gasteiger partial charge in [0, 0.05) is 24.8 Å². The van der Waals surface area contributed by atoms with Gasteiger partial charge in [0.25, 0.3) is 0 Å². The topological polar surface area (TPSA) is 29.3 Å². The minimum atomic E-state index is 0.220. The second kappa shape index (κ2) is 7.12. The van der Waals surface area contributed by atoms with Gasteiger partial charge >= 0.3 is 0 Å². The van der Waals surface area contributed by atoms with Gasteiger partial charge in [0.15, 0.2) is 0 Å². The lowest BCUT2D eigenvalue weighted by Crippen LogP contribution is -2.32. The molecule has 2 nitrogen and oxygen atoms in total. The first-order valence-electron chi connectivity index (χ1n) is 8.16. The van der Waals surface area contributed by atoms with Crippen molar-refractivity contribution in [2.75, 3.05) is 11.9 Å². The Bertz CT molecular complexity index is 417. The van der Waals surface area contributed by atoms with Gasteiger partial charge in [-0.25, -0.2) is 0 Å². The molecule has 1 unspecified atom stereocenters. The second-order valence-electron chi connectivity index (χ2n) is 6.57. The third kappa shape index (κ3) is 3.99. The van der Waals surface area contributed by atoms with E-state index in [2.05, 4.69) is 44.0 Å². The number of rotatable bonds is 4. The van der Waals surface area contributed by atoms with Crippen molar-refractivity contribution in [3.05, 3.63) is 29.3 Å². The maximum absolute atomic E-state index is 6.03. The second-order valence-corrected chi connectivity index (χ2v) is 6.57. The molecule has 1 fully saturated rings. The highest BCUT2D eigenvalue weighted by Crippen LogP contribution is 2.29. The lowest BCUT2D eigenvalue weighted by atomic mass is 10.00. The molecule has 1 aromatic carbocycles. The average Bonchev–Trinajstić information content (AvgIpc) is 2.66. The van der Waals surface area contributed by atoms with Crippen molar-refractivity contribution >= 4 is 5.69 Å². The Balaban J connectivity index is 2.20. The van der Waals surface area contributed by atoms with Crippen LogP contribution < -0.4 is 10.6 Å². The molecular weight excluding hydrogens is 244 g/mol. The number of benzene rings is 1. The van der Waals surface area contributed by atoms with Crippen LogP contribution in [0.3, 0.4) is 0 Å². The number of anilines is 1. The molecule has 112 valence electrons. The zero-order valence-electron chi connectivity index (χ0n) is 13.4. The lowest BCUT2D eigenvalue weighted by Gasteiger charge is -2.31. The van der Waals surface area contributed by atoms with Crippen molar-refractivity contribution in [3.8, 4) is 0 Å². The monoisotopic (exact) mass is 274 g/mol. The highest BCUT2D eigenvalue weighted by Gasteiger charge is 2.19. The quantitative estimate of drug-likeness (QED) is 0.839. The van der Waals surface area contributed by atoms with E-state index in [0.717, 1.165) is 6.42 Å². The van der Waals surface area contributed by atoms with Crippen molar-refractivity contribution in [1.29, 1.82) is 0 Å². The van der Waals surface area contributed by atoms with Gasteiger partial charge < -0.3 is 10.6 Å². The fourth-order valence-electron chi connectivity index (χ4n) is 3.41. The Labute approximate surface area is 124 Å². The fourth-order valence-corrected chi connectivity index (χ4v) is 3.41. The predicted molar refractivity (Wildman–Crippen MR) is 88.4 cm³/mol. The molecule has 0 aromatic heterocycles. The molecule has 2 heteroatoms. The molecule has 2 rings (SSSR count). The summed E-state index contributed by atoms with van der Waals surface area (Å²) in [6.45, 7) is 4.26. The fraction of sp³-hybridized carbons (Fsp3) is 0.667. The predicted octanol–water partition coefficient (Wildman–Crippen LogP) is 4.04. The van der Waals surface area contributed by atoms with Crippen LogP contribution in [0, 0.1) is 6.92 Å². The molecule has 1 aromatic rings. The van der Waals surface area contributed by atoms with E-state index in [-0.39, 0.29) is 6.04 Å². The molecule has 1 atom stereocenters. The van der Waals surface area contributed by atoms with E-state index in [0.29, 0.717) is 6.04 Å². The molecule has 0 amide bonds. The Kier molecular flexibility index (Phi) is 5.47. The summed E-state index contributed by atoms with van der Waals surface area (Å²) in [5.74, 6) is 0. The smallest absolute Gasteiger partial charge is 0.0399 e. The van der Waals surface area contributed by atoms with Crippen molar-refractivity contribution in [2.45, 2.75) is 70.9 Å². The summed E-state index contributed by atoms with van der Waals surface area (Å²) in [4.78, 5) is 2.52. The minimum absolute atomic E-state index is 0.220. The van der Waals surface area contributed by atoms with Crippen molar-refractivity contribution < 1.29 is 0 Å². The molecule has 0 aliphatic heterocycles. The van der Waals surface area contributed by atoms with Gasteiger partial charge in [-0.05, 0) is 44.7 Å². The largest absolute Gasteiger partial charge is 0.371 e. The zero-order chi connectivity index (χ0) is 14.5. The maximum Gasteiger partial charge on any atom is 0.0399 e. The molecule has 20 heavy (non-hydrogen) atoms. The summed E-state index contributed by atoms with van der Waals surface area (Å²) >= 11 is 0. The molecule has 0 saturated heterocycles. The van der Waals surface area contributed by atoms with Gasteiger partial charge in [-0.1, -0.05) is 43.4 Å². The summed E-state index contributed by atoms with van der Waals surface area (Å²) in [7, 11) is 2.27. The van der Waals surface area contributed by atoms with E-state index in [9.17, 15) is 0 Å². The van der Waals surface area contributed by atoms with E-state index < -0.39 is 0 Å². The number of hydrogen-bond donors (Lipinski definition) is 1. The van der Waals surface area contributed by atoms with Gasteiger partial charge in [-0.2, -0.15) is 0 Å². The first-order chi connectivity index (χ1) is 9.58. The van der Waals surface area contributed by atoms with E-state index in [1.807, 2.05) is 0 Å². The molecule has 0 heterocycles. The van der Waals surface area contributed by atoms with Gasteiger partial charge in [0.1, 0.15) is 0 Å². The Morgan fingerprint density at radius 1 is 1.20 bits per heavy atom. The van der Waals surface area contributed by atoms with Crippen LogP contribution in [0.1, 0.15) is 56.6 Å². The molecule has 0 radical (unpaired) electrons. The van der Waals surface area contributed by atoms with Gasteiger partial charge in [-0.3, -0.25) is 0 Å². The molecule has 1 aliphatic rings. The molecular formula is C18H30N2. The van der Waals surface area contributed by atoms with Gasteiger partial charge in [-0.15, -0.1) is 0 Å². The minimum Gasteiger partial charge on any atom is -0.371 e. The van der Waals surface area contributed by atoms with Crippen LogP contribution in [0.5, 0.6) is 0 Å². The zero-order valence-corrected chi connectivity index (χ0v) is 13.4. The first-order valence-corrected chi connectivity index (χ1v) is 8.16. The molecule has 0 bridgehead atoms. The van der Waals surface area contributed by atoms with Gasteiger partial charge in [0.05, 0.1) is 0 Å². The van der Waals surface area contributed by atoms with Crippen LogP contribution in [0.4, 0.5) is 5.69 Å². The lowest BCUT2D eigenvalue weighted by molar-refractivity contribution is 0.551. The first kappa shape index (κ1) is 15.4. The molecule has 1 aliphatic carbocycles. The Hall–Kier alpha value is -1.02. The summed E-state index contributed by atoms with van der Waals surface area (Å²) in [6.07, 6.45) is 9.21. The third-order valence-corrected chi connectivity index (χ3v) is 4.53. The van der Waals surface area contributed by atoms with E-state index in [4.69, 9.17) is 5.73 Å². The van der Waals surface area contributed by atoms with E-state index in [1.54, 1.807) is 0 Å². The summed E-state index contributed by atoms with van der Waals surface area (Å²) in [5, 5.41) is 0. The third-order valence-electron chi connectivity index (χ3n) is 4.53. The van der Waals surface area contributed by atoms with Crippen LogP contribution >= 0.6 is 0 Å². The highest BCUT2D eigenvalue weighted by atomic mass is 15.1. The standard InChI is InChI=1S/C18H30N2/c1-14-10-11-18(16(12-14)13-15(2)19)20(3)17-8-6-4-5-7-9-17/h10-12,15,17H,4-9,13,19H2,1-3H3. The number of aryl methyl sites for hydroxylation is 1. The van der Waals surface area contributed by atoms with Crippen LogP contribution in [-0.2, 0) is 6.42 Å². The highest BCUT2D eigenvalue weighted by molar-refractivity contribution is 5.55. The van der Waals surface area contributed by atoms with Crippen LogP contribution in [0.15, 0.2) is 18.2 Å². The molecule has 0 spiro atoms. The number of nitrogens with zero attached hydrogens (tertiary/aromatic N) is 1. The van der Waals surface area contributed by atoms with Crippen molar-refractivity contribution in [2.24, 2.45) is 5.73 Å². The average molecular weight is 274 g/mol. The van der Waals surface area contributed by atoms with Crippen LogP contribution in [0.2, 0.25) is 0 Å². The Morgan fingerprint density at radius 3 is 2.45 bits per heavy atom. The van der Waals surface area contributed by atoms with E-state index >= 15 is 0 Å². The molecule has 2 N–H and O–H groups in total. The van der Waals surface area contributed by atoms with Crippen LogP contribution in [-0.4, -0.2) is 19.1 Å². The SMILES string of the molecule is Cc1ccc(N(C)C2CCCCCC2)c(CC(C)N)c1. The van der Waals surface area contributed by atoms with Gasteiger partial charge in [0.2, 0.25) is 0 Å². The van der Waals surface area contributed by atoms with Crippen molar-refractivity contribution in [3.63, 3.8) is 0 Å². The number of nitrogens with two attached hydrogens (primary N) is 1. The number of hydrogen-bond acceptors (Lipinski definition) is 2. The molecule has 1 saturated carbocycles. The normalized spacial score (nSPS) is 18.6. The summed E-state index contributed by atoms with van der Waals surface area (Å²) in [6, 6.07) is 7.75. The van der Waals surface area contributed by atoms with E-state index in [1.165, 1.54) is 55.3 Å². The van der Waals surface area contributed by atoms with Crippen LogP contribution in [0.25, 0.3) is 0 Å². The Morgan fingerprint density at radius 2 is 1.85 bits per heavy atom. The summed E-state index contributed by atoms with van der Waals surface area (Å²) in [5.41, 5.74) is 10.2. The summed E-state index contributed by atoms with van der Waals surface area (Å²) < 4.78 is 0.